The Kier molecular flexibility index (Phi) is 5.63. The molecule has 0 radical (unpaired) electrons. The molecule has 0 aliphatic heterocycles. The number of hydrazone groups is 1. The van der Waals surface area contributed by atoms with Crippen LogP contribution in [0.5, 0.6) is 5.75 Å². The second kappa shape index (κ2) is 8.67. The van der Waals surface area contributed by atoms with Crippen LogP contribution in [-0.2, 0) is 4.79 Å². The maximum Gasteiger partial charge on any atom is 0.277 e. The minimum Gasteiger partial charge on any atom is -0.483 e. The van der Waals surface area contributed by atoms with Gasteiger partial charge in [-0.25, -0.2) is 10.4 Å². The lowest BCUT2D eigenvalue weighted by Gasteiger charge is -2.11. The highest BCUT2D eigenvalue weighted by Crippen LogP contribution is 2.29. The van der Waals surface area contributed by atoms with Gasteiger partial charge in [-0.05, 0) is 30.7 Å². The van der Waals surface area contributed by atoms with Gasteiger partial charge >= 0.3 is 0 Å². The molecule has 6 heteroatoms. The van der Waals surface area contributed by atoms with Gasteiger partial charge in [-0.3, -0.25) is 4.79 Å². The number of hydrogen-bond donors (Lipinski definition) is 1. The molecule has 144 valence electrons. The van der Waals surface area contributed by atoms with E-state index in [1.165, 1.54) is 0 Å². The summed E-state index contributed by atoms with van der Waals surface area (Å²) in [7, 11) is 0. The number of fused-ring (bicyclic) bond motifs is 1. The number of hydrogen-bond acceptors (Lipinski definition) is 5. The number of carbonyl (C=O) groups is 1. The van der Waals surface area contributed by atoms with Crippen molar-refractivity contribution >= 4 is 33.2 Å². The Morgan fingerprint density at radius 1 is 1.00 bits per heavy atom. The van der Waals surface area contributed by atoms with Crippen molar-refractivity contribution in [1.29, 1.82) is 0 Å². The molecule has 0 saturated heterocycles. The van der Waals surface area contributed by atoms with Crippen molar-refractivity contribution in [2.75, 3.05) is 6.61 Å². The molecule has 0 fully saturated rings. The normalized spacial score (nSPS) is 11.4. The Balaban J connectivity index is 1.40. The number of ether oxygens (including phenoxy) is 1. The first-order valence-electron chi connectivity index (χ1n) is 9.17. The average molecular weight is 401 g/mol. The number of nitrogens with one attached hydrogen (secondary N) is 1. The van der Waals surface area contributed by atoms with Crippen molar-refractivity contribution in [3.05, 3.63) is 83.9 Å². The monoisotopic (exact) mass is 401 g/mol. The molecule has 4 rings (SSSR count). The topological polar surface area (TPSA) is 63.6 Å². The van der Waals surface area contributed by atoms with Gasteiger partial charge in [0.15, 0.2) is 6.61 Å². The average Bonchev–Trinajstić information content (AvgIpc) is 3.21. The number of rotatable bonds is 6. The van der Waals surface area contributed by atoms with E-state index >= 15 is 0 Å². The van der Waals surface area contributed by atoms with Crippen molar-refractivity contribution in [2.24, 2.45) is 5.10 Å². The minimum absolute atomic E-state index is 0.125. The Morgan fingerprint density at radius 3 is 2.55 bits per heavy atom. The molecule has 0 unspecified atom stereocenters. The largest absolute Gasteiger partial charge is 0.483 e. The van der Waals surface area contributed by atoms with Crippen LogP contribution in [0.15, 0.2) is 84.0 Å². The van der Waals surface area contributed by atoms with Crippen LogP contribution in [-0.4, -0.2) is 23.2 Å². The first-order valence-corrected chi connectivity index (χ1v) is 9.99. The third kappa shape index (κ3) is 4.50. The summed E-state index contributed by atoms with van der Waals surface area (Å²) in [6, 6.07) is 25.5. The van der Waals surface area contributed by atoms with E-state index in [2.05, 4.69) is 15.5 Å². The fourth-order valence-electron chi connectivity index (χ4n) is 2.85. The van der Waals surface area contributed by atoms with Crippen molar-refractivity contribution in [3.8, 4) is 16.9 Å². The fraction of sp³-hybridized carbons (Fsp3) is 0.0870. The molecule has 29 heavy (non-hydrogen) atoms. The van der Waals surface area contributed by atoms with Crippen LogP contribution in [0, 0.1) is 0 Å². The molecule has 0 spiro atoms. The van der Waals surface area contributed by atoms with Crippen molar-refractivity contribution in [2.45, 2.75) is 6.92 Å². The lowest BCUT2D eigenvalue weighted by Crippen LogP contribution is -2.25. The SMILES string of the molecule is C/C(=N/NC(=O)COc1ccccc1-c1ccccc1)c1nc2ccccc2s1. The third-order valence-electron chi connectivity index (χ3n) is 4.28. The van der Waals surface area contributed by atoms with E-state index in [0.717, 1.165) is 26.4 Å². The number of carbonyl (C=O) groups excluding carboxylic acids is 1. The van der Waals surface area contributed by atoms with Crippen molar-refractivity contribution in [3.63, 3.8) is 0 Å². The van der Waals surface area contributed by atoms with E-state index in [9.17, 15) is 4.79 Å². The van der Waals surface area contributed by atoms with E-state index in [0.29, 0.717) is 11.5 Å². The van der Waals surface area contributed by atoms with Crippen LogP contribution in [0.3, 0.4) is 0 Å². The second-order valence-electron chi connectivity index (χ2n) is 6.37. The van der Waals surface area contributed by atoms with Gasteiger partial charge in [0.1, 0.15) is 10.8 Å². The predicted molar refractivity (Wildman–Crippen MR) is 117 cm³/mol. The van der Waals surface area contributed by atoms with Crippen LogP contribution in [0.1, 0.15) is 11.9 Å². The molecular weight excluding hydrogens is 382 g/mol. The molecule has 0 saturated carbocycles. The summed E-state index contributed by atoms with van der Waals surface area (Å²) in [5, 5.41) is 4.95. The predicted octanol–water partition coefficient (Wildman–Crippen LogP) is 4.88. The van der Waals surface area contributed by atoms with Crippen LogP contribution < -0.4 is 10.2 Å². The minimum atomic E-state index is -0.326. The van der Waals surface area contributed by atoms with Gasteiger partial charge in [-0.1, -0.05) is 60.7 Å². The van der Waals surface area contributed by atoms with Crippen LogP contribution in [0.4, 0.5) is 0 Å². The smallest absolute Gasteiger partial charge is 0.277 e. The number of thiazole rings is 1. The molecule has 0 aliphatic rings. The molecule has 1 heterocycles. The van der Waals surface area contributed by atoms with E-state index in [4.69, 9.17) is 4.74 Å². The molecule has 0 atom stereocenters. The maximum atomic E-state index is 12.2. The van der Waals surface area contributed by atoms with Gasteiger partial charge in [0.05, 0.1) is 15.9 Å². The summed E-state index contributed by atoms with van der Waals surface area (Å²) in [5.41, 5.74) is 6.10. The summed E-state index contributed by atoms with van der Waals surface area (Å²) in [5.74, 6) is 0.328. The molecular formula is C23H19N3O2S. The first kappa shape index (κ1) is 18.8. The molecule has 1 N–H and O–H groups in total. The summed E-state index contributed by atoms with van der Waals surface area (Å²) < 4.78 is 6.83. The lowest BCUT2D eigenvalue weighted by molar-refractivity contribution is -0.123. The molecule has 1 aromatic heterocycles. The zero-order valence-electron chi connectivity index (χ0n) is 15.8. The summed E-state index contributed by atoms with van der Waals surface area (Å²) in [4.78, 5) is 16.7. The van der Waals surface area contributed by atoms with Crippen LogP contribution in [0.2, 0.25) is 0 Å². The van der Waals surface area contributed by atoms with Gasteiger partial charge in [0.25, 0.3) is 5.91 Å². The van der Waals surface area contributed by atoms with Crippen molar-refractivity contribution in [1.82, 2.24) is 10.4 Å². The fourth-order valence-corrected chi connectivity index (χ4v) is 3.76. The molecule has 0 bridgehead atoms. The van der Waals surface area contributed by atoms with E-state index in [-0.39, 0.29) is 12.5 Å². The molecule has 5 nitrogen and oxygen atoms in total. The van der Waals surface area contributed by atoms with Crippen molar-refractivity contribution < 1.29 is 9.53 Å². The quantitative estimate of drug-likeness (QED) is 0.370. The Labute approximate surface area is 172 Å². The standard InChI is InChI=1S/C23H19N3O2S/c1-16(23-24-19-12-6-8-14-21(19)29-23)25-26-22(27)15-28-20-13-7-5-11-18(20)17-9-3-2-4-10-17/h2-14H,15H2,1H3,(H,26,27)/b25-16-. The number of nitrogens with zero attached hydrogens (tertiary/aromatic N) is 2. The molecule has 0 aliphatic carbocycles. The Morgan fingerprint density at radius 2 is 1.72 bits per heavy atom. The Bertz CT molecular complexity index is 1140. The zero-order valence-corrected chi connectivity index (χ0v) is 16.6. The summed E-state index contributed by atoms with van der Waals surface area (Å²) in [6.45, 7) is 1.70. The van der Waals surface area contributed by atoms with Gasteiger partial charge in [-0.15, -0.1) is 11.3 Å². The Hall–Kier alpha value is -3.51. The number of benzene rings is 3. The summed E-state index contributed by atoms with van der Waals surface area (Å²) >= 11 is 1.54. The summed E-state index contributed by atoms with van der Waals surface area (Å²) in [6.07, 6.45) is 0. The lowest BCUT2D eigenvalue weighted by atomic mass is 10.1. The van der Waals surface area contributed by atoms with Gasteiger partial charge in [0, 0.05) is 5.56 Å². The number of para-hydroxylation sites is 2. The highest BCUT2D eigenvalue weighted by Gasteiger charge is 2.09. The van der Waals surface area contributed by atoms with E-state index < -0.39 is 0 Å². The van der Waals surface area contributed by atoms with Crippen LogP contribution in [0.25, 0.3) is 21.3 Å². The number of amides is 1. The molecule has 3 aromatic carbocycles. The van der Waals surface area contributed by atoms with Gasteiger partial charge in [-0.2, -0.15) is 5.10 Å². The molecule has 1 amide bonds. The highest BCUT2D eigenvalue weighted by molar-refractivity contribution is 7.20. The zero-order chi connectivity index (χ0) is 20.1. The maximum absolute atomic E-state index is 12.2. The first-order chi connectivity index (χ1) is 14.2. The third-order valence-corrected chi connectivity index (χ3v) is 5.43. The van der Waals surface area contributed by atoms with E-state index in [1.54, 1.807) is 11.3 Å². The van der Waals surface area contributed by atoms with E-state index in [1.807, 2.05) is 85.8 Å². The van der Waals surface area contributed by atoms with Gasteiger partial charge in [0.2, 0.25) is 0 Å². The van der Waals surface area contributed by atoms with Gasteiger partial charge < -0.3 is 4.74 Å². The highest BCUT2D eigenvalue weighted by atomic mass is 32.1. The van der Waals surface area contributed by atoms with Crippen LogP contribution >= 0.6 is 11.3 Å². The second-order valence-corrected chi connectivity index (χ2v) is 7.40. The molecule has 4 aromatic rings. The number of aromatic nitrogens is 1.